The summed E-state index contributed by atoms with van der Waals surface area (Å²) in [4.78, 5) is 72.3. The molecule has 9 N–H and O–H groups in total. The average Bonchev–Trinajstić information content (AvgIpc) is 3.94. The molecule has 0 aliphatic carbocycles. The predicted molar refractivity (Wildman–Crippen MR) is 196 cm³/mol. The van der Waals surface area contributed by atoms with Gasteiger partial charge in [0.05, 0.1) is 17.4 Å². The number of halogens is 8. The van der Waals surface area contributed by atoms with Crippen molar-refractivity contribution in [3.8, 4) is 0 Å². The third kappa shape index (κ3) is 15.2. The lowest BCUT2D eigenvalue weighted by molar-refractivity contribution is -0.193. The second-order valence-electron chi connectivity index (χ2n) is 12.4. The molecule has 6 heterocycles. The average molecular weight is 876 g/mol. The normalized spacial score (nSPS) is 20.1. The van der Waals surface area contributed by atoms with Crippen LogP contribution in [-0.4, -0.2) is 133 Å². The van der Waals surface area contributed by atoms with Crippen molar-refractivity contribution in [1.82, 2.24) is 35.7 Å². The molecular weight excluding hydrogens is 837 g/mol. The number of aromatic amines is 2. The largest absolute Gasteiger partial charge is 0.490 e. The number of alkyl halides is 8. The second kappa shape index (κ2) is 21.0. The Kier molecular flexibility index (Phi) is 17.5. The fourth-order valence-corrected chi connectivity index (χ4v) is 4.78. The Morgan fingerprint density at radius 1 is 0.810 bits per heavy atom. The van der Waals surface area contributed by atoms with E-state index in [1.54, 1.807) is 67.2 Å². The van der Waals surface area contributed by atoms with Gasteiger partial charge < -0.3 is 51.1 Å². The summed E-state index contributed by atoms with van der Waals surface area (Å²) in [7, 11) is 0. The van der Waals surface area contributed by atoms with Gasteiger partial charge in [-0.2, -0.15) is 26.3 Å². The van der Waals surface area contributed by atoms with Gasteiger partial charge >= 0.3 is 30.4 Å². The second-order valence-corrected chi connectivity index (χ2v) is 13.2. The molecule has 0 aromatic carbocycles. The summed E-state index contributed by atoms with van der Waals surface area (Å²) in [5, 5.41) is 23.1. The highest BCUT2D eigenvalue weighted by Crippen LogP contribution is 2.21. The number of carboxylic acids is 2. The molecule has 4 unspecified atom stereocenters. The van der Waals surface area contributed by atoms with Crippen molar-refractivity contribution < 1.29 is 65.3 Å². The Hall–Kier alpha value is -5.91. The fourth-order valence-electron chi connectivity index (χ4n) is 4.78. The van der Waals surface area contributed by atoms with Crippen LogP contribution in [0.1, 0.15) is 41.7 Å². The molecule has 0 spiro atoms. The number of ether oxygens (including phenoxy) is 1. The van der Waals surface area contributed by atoms with Crippen LogP contribution in [0.15, 0.2) is 70.9 Å². The molecule has 26 heteroatoms. The lowest BCUT2D eigenvalue weighted by atomic mass is 10.1. The maximum Gasteiger partial charge on any atom is 0.490 e. The lowest BCUT2D eigenvalue weighted by Gasteiger charge is -2.31. The highest BCUT2D eigenvalue weighted by molar-refractivity contribution is 6.40. The zero-order valence-electron chi connectivity index (χ0n) is 30.4. The standard InChI is InChI=1S/C16H21N5O3.C11H13N5O.2C2HF3O2.CH2Cl2/c1-16(2,3)24-15(23)20-14-18-10-7-5-9-21(12(10)19-14)13(22)11-6-4-8-17-11;12-11-14-7-4-2-6-16(9(7)15-11)10(17)8-3-1-5-13-8;2*3-2(4,5)1(6)7;2-1-3/h4-8,10,12,17H,9H2,1-3H3,(H2,18,19,20,23);1-5,7,9,13H,6H2,(H3,12,14,15);2*(H,6,7);1H2. The quantitative estimate of drug-likeness (QED) is 0.123. The molecular formula is C32H38Cl2F6N10O8. The Morgan fingerprint density at radius 3 is 1.57 bits per heavy atom. The minimum Gasteiger partial charge on any atom is -0.475 e. The van der Waals surface area contributed by atoms with Crippen molar-refractivity contribution in [2.24, 2.45) is 15.7 Å². The summed E-state index contributed by atoms with van der Waals surface area (Å²) in [6.07, 6.45) is -0.178. The molecule has 0 saturated carbocycles. The van der Waals surface area contributed by atoms with Gasteiger partial charge in [-0.1, -0.05) is 24.3 Å². The summed E-state index contributed by atoms with van der Waals surface area (Å²) >= 11 is 9.53. The molecule has 0 fully saturated rings. The van der Waals surface area contributed by atoms with Crippen LogP contribution in [-0.2, 0) is 14.3 Å². The topological polar surface area (TPSA) is 260 Å². The number of hydrogen-bond donors (Lipinski definition) is 8. The van der Waals surface area contributed by atoms with E-state index in [0.717, 1.165) is 0 Å². The van der Waals surface area contributed by atoms with Crippen molar-refractivity contribution >= 4 is 65.0 Å². The van der Waals surface area contributed by atoms with Crippen LogP contribution in [0.4, 0.5) is 31.1 Å². The van der Waals surface area contributed by atoms with Gasteiger partial charge in [-0.25, -0.2) is 24.4 Å². The van der Waals surface area contributed by atoms with E-state index in [-0.39, 0.29) is 35.4 Å². The molecule has 0 radical (unpaired) electrons. The Bertz CT molecular complexity index is 1810. The van der Waals surface area contributed by atoms with Gasteiger partial charge in [0, 0.05) is 25.5 Å². The first kappa shape index (κ1) is 48.2. The minimum absolute atomic E-state index is 0.0114. The molecule has 320 valence electrons. The van der Waals surface area contributed by atoms with E-state index in [4.69, 9.17) is 53.5 Å². The van der Waals surface area contributed by atoms with E-state index in [1.165, 1.54) is 0 Å². The number of amides is 3. The number of rotatable bonds is 2. The summed E-state index contributed by atoms with van der Waals surface area (Å²) in [5.74, 6) is -5.02. The number of aliphatic imine (C=N–C) groups is 2. The molecule has 0 saturated heterocycles. The van der Waals surface area contributed by atoms with Crippen LogP contribution >= 0.6 is 23.2 Å². The van der Waals surface area contributed by atoms with Gasteiger partial charge in [0.1, 0.15) is 17.0 Å². The van der Waals surface area contributed by atoms with E-state index in [1.807, 2.05) is 24.3 Å². The number of H-pyrrole nitrogens is 2. The van der Waals surface area contributed by atoms with Crippen molar-refractivity contribution in [2.45, 2.75) is 63.1 Å². The first-order chi connectivity index (χ1) is 26.9. The van der Waals surface area contributed by atoms with Crippen LogP contribution in [0.2, 0.25) is 0 Å². The van der Waals surface area contributed by atoms with Gasteiger partial charge in [0.2, 0.25) is 5.96 Å². The molecule has 3 amide bonds. The number of hydrogen-bond acceptors (Lipinski definition) is 11. The summed E-state index contributed by atoms with van der Waals surface area (Å²) in [5.41, 5.74) is 6.12. The van der Waals surface area contributed by atoms with Gasteiger partial charge in [-0.05, 0) is 45.0 Å². The van der Waals surface area contributed by atoms with E-state index in [9.17, 15) is 40.7 Å². The van der Waals surface area contributed by atoms with Crippen molar-refractivity contribution in [1.29, 1.82) is 0 Å². The van der Waals surface area contributed by atoms with E-state index >= 15 is 0 Å². The molecule has 0 bridgehead atoms. The minimum atomic E-state index is -5.08. The smallest absolute Gasteiger partial charge is 0.475 e. The van der Waals surface area contributed by atoms with Gasteiger partial charge in [-0.3, -0.25) is 14.9 Å². The maximum atomic E-state index is 12.6. The van der Waals surface area contributed by atoms with Gasteiger partial charge in [0.15, 0.2) is 18.3 Å². The van der Waals surface area contributed by atoms with Crippen LogP contribution in [0.25, 0.3) is 0 Å². The zero-order valence-corrected chi connectivity index (χ0v) is 31.9. The lowest BCUT2D eigenvalue weighted by Crippen LogP contribution is -2.50. The molecule has 4 atom stereocenters. The highest BCUT2D eigenvalue weighted by atomic mass is 35.5. The molecule has 4 aliphatic rings. The molecule has 4 aliphatic heterocycles. The number of alkyl carbamates (subject to hydrolysis) is 1. The molecule has 2 aromatic rings. The van der Waals surface area contributed by atoms with E-state index < -0.39 is 42.2 Å². The number of aliphatic carboxylic acids is 2. The molecule has 6 rings (SSSR count). The summed E-state index contributed by atoms with van der Waals surface area (Å²) in [6, 6.07) is 6.86. The zero-order chi connectivity index (χ0) is 44.0. The van der Waals surface area contributed by atoms with Crippen LogP contribution < -0.4 is 21.7 Å². The fraction of sp³-hybridized carbons (Fsp3) is 0.406. The Morgan fingerprint density at radius 2 is 1.21 bits per heavy atom. The van der Waals surface area contributed by atoms with Crippen molar-refractivity contribution in [3.05, 3.63) is 72.4 Å². The Labute approximate surface area is 335 Å². The Balaban J connectivity index is 0.000000295. The summed E-state index contributed by atoms with van der Waals surface area (Å²) < 4.78 is 68.7. The van der Waals surface area contributed by atoms with Gasteiger partial charge in [-0.15, -0.1) is 23.2 Å². The number of carbonyl (C=O) groups excluding carboxylic acids is 3. The van der Waals surface area contributed by atoms with Crippen molar-refractivity contribution in [3.63, 3.8) is 0 Å². The van der Waals surface area contributed by atoms with E-state index in [0.29, 0.717) is 36.4 Å². The van der Waals surface area contributed by atoms with Crippen LogP contribution in [0.5, 0.6) is 0 Å². The van der Waals surface area contributed by atoms with E-state index in [2.05, 4.69) is 35.9 Å². The van der Waals surface area contributed by atoms with Crippen LogP contribution in [0, 0.1) is 0 Å². The number of nitrogens with zero attached hydrogens (tertiary/aromatic N) is 4. The number of fused-ring (bicyclic) bond motifs is 2. The highest BCUT2D eigenvalue weighted by Gasteiger charge is 2.40. The molecule has 18 nitrogen and oxygen atoms in total. The number of nitrogens with one attached hydrogen (secondary N) is 5. The first-order valence-corrected chi connectivity index (χ1v) is 17.3. The third-order valence-corrected chi connectivity index (χ3v) is 7.01. The number of carboxylic acid groups (broad SMARTS) is 2. The molecule has 58 heavy (non-hydrogen) atoms. The first-order valence-electron chi connectivity index (χ1n) is 16.3. The SMILES string of the molecule is CC(C)(C)OC(=O)NC1=NC2C(C=CCN2C(=O)c2ccc[nH]2)N1.ClCCl.NC1=NC2C(C=CCN2C(=O)c2ccc[nH]2)N1.O=C(O)C(F)(F)F.O=C(O)C(F)(F)F. The predicted octanol–water partition coefficient (Wildman–Crippen LogP) is 3.53. The number of nitrogens with two attached hydrogens (primary N) is 1. The van der Waals surface area contributed by atoms with Crippen molar-refractivity contribution in [2.75, 3.05) is 18.4 Å². The van der Waals surface area contributed by atoms with Crippen LogP contribution in [0.3, 0.4) is 0 Å². The number of aromatic nitrogens is 2. The summed E-state index contributed by atoms with van der Waals surface area (Å²) in [6.45, 7) is 6.38. The third-order valence-electron chi connectivity index (χ3n) is 7.01. The monoisotopic (exact) mass is 874 g/mol. The number of carbonyl (C=O) groups is 5. The van der Waals surface area contributed by atoms with Gasteiger partial charge in [0.25, 0.3) is 11.8 Å². The maximum absolute atomic E-state index is 12.6. The molecule has 2 aromatic heterocycles. The number of guanidine groups is 2.